The molecule has 2 atom stereocenters. The molecule has 3 aromatic rings. The van der Waals surface area contributed by atoms with E-state index in [4.69, 9.17) is 24.3 Å². The van der Waals surface area contributed by atoms with Gasteiger partial charge in [-0.15, -0.1) is 13.2 Å². The van der Waals surface area contributed by atoms with Gasteiger partial charge < -0.3 is 24.1 Å². The van der Waals surface area contributed by atoms with Crippen LogP contribution in [0, 0.1) is 0 Å². The molecule has 1 aliphatic heterocycles. The summed E-state index contributed by atoms with van der Waals surface area (Å²) in [7, 11) is 0. The van der Waals surface area contributed by atoms with E-state index in [1.165, 1.54) is 24.3 Å². The van der Waals surface area contributed by atoms with E-state index in [2.05, 4.69) is 15.6 Å². The van der Waals surface area contributed by atoms with Crippen molar-refractivity contribution in [1.82, 2.24) is 10.9 Å². The Bertz CT molecular complexity index is 1510. The molecule has 0 saturated heterocycles. The number of carbonyl (C=O) groups is 2. The first-order chi connectivity index (χ1) is 22.3. The molecule has 0 unspecified atom stereocenters. The highest BCUT2D eigenvalue weighted by Gasteiger charge is 2.53. The molecular formula is C34H38F3N3O7. The fourth-order valence-electron chi connectivity index (χ4n) is 4.83. The number of ether oxygens (including phenoxy) is 4. The molecule has 10 nitrogen and oxygen atoms in total. The molecule has 0 fully saturated rings. The molecule has 0 radical (unpaired) electrons. The SMILES string of the molecule is CC(C)(C)OC(=O)CC[C@]1(C(=O)NNCc2ccc(OC(F)(F)F)cc2)N=C(c2ccc(OCCCO)cc2)O[C@H]1c1ccccc1. The van der Waals surface area contributed by atoms with Crippen LogP contribution in [0.5, 0.6) is 11.5 Å². The number of rotatable bonds is 14. The summed E-state index contributed by atoms with van der Waals surface area (Å²) in [5.74, 6) is -0.715. The molecule has 13 heteroatoms. The number of halogens is 3. The number of aliphatic imine (C=N–C) groups is 1. The Morgan fingerprint density at radius 2 is 1.62 bits per heavy atom. The number of hydrazine groups is 1. The summed E-state index contributed by atoms with van der Waals surface area (Å²) in [4.78, 5) is 31.8. The zero-order chi connectivity index (χ0) is 34.1. The number of carbonyl (C=O) groups excluding carboxylic acids is 2. The second-order valence-electron chi connectivity index (χ2n) is 11.8. The third kappa shape index (κ3) is 10.2. The first-order valence-electron chi connectivity index (χ1n) is 15.0. The Morgan fingerprint density at radius 1 is 0.957 bits per heavy atom. The smallest absolute Gasteiger partial charge is 0.494 e. The van der Waals surface area contributed by atoms with Gasteiger partial charge in [0.1, 0.15) is 17.1 Å². The zero-order valence-electron chi connectivity index (χ0n) is 26.3. The number of nitrogens with one attached hydrogen (secondary N) is 2. The predicted octanol–water partition coefficient (Wildman–Crippen LogP) is 5.55. The second-order valence-corrected chi connectivity index (χ2v) is 11.8. The zero-order valence-corrected chi connectivity index (χ0v) is 26.3. The van der Waals surface area contributed by atoms with Crippen LogP contribution >= 0.6 is 0 Å². The van der Waals surface area contributed by atoms with E-state index in [0.29, 0.717) is 35.5 Å². The van der Waals surface area contributed by atoms with E-state index in [9.17, 15) is 22.8 Å². The summed E-state index contributed by atoms with van der Waals surface area (Å²) in [6, 6.07) is 21.2. The first-order valence-corrected chi connectivity index (χ1v) is 15.0. The van der Waals surface area contributed by atoms with Crippen molar-refractivity contribution in [3.05, 3.63) is 95.6 Å². The van der Waals surface area contributed by atoms with Crippen molar-refractivity contribution in [3.63, 3.8) is 0 Å². The molecule has 47 heavy (non-hydrogen) atoms. The summed E-state index contributed by atoms with van der Waals surface area (Å²) in [6.07, 6.45) is -5.47. The fourth-order valence-corrected chi connectivity index (χ4v) is 4.83. The van der Waals surface area contributed by atoms with Crippen LogP contribution in [0.4, 0.5) is 13.2 Å². The van der Waals surface area contributed by atoms with Crippen LogP contribution in [0.2, 0.25) is 0 Å². The van der Waals surface area contributed by atoms with Gasteiger partial charge in [-0.05, 0) is 74.7 Å². The van der Waals surface area contributed by atoms with Crippen molar-refractivity contribution in [2.45, 2.75) is 70.2 Å². The standard InChI is InChI=1S/C34H38F3N3O7/c1-32(2,3)47-28(42)18-19-33(31(43)40-38-22-23-10-14-27(15-11-23)46-34(35,36)37)29(24-8-5-4-6-9-24)45-30(39-33)25-12-16-26(17-13-25)44-21-7-20-41/h4-6,8-17,29,38,41H,7,18-22H2,1-3H3,(H,40,43)/t29-,33-/m0/s1. The molecule has 3 aromatic carbocycles. The molecule has 1 heterocycles. The van der Waals surface area contributed by atoms with Crippen molar-refractivity contribution in [1.29, 1.82) is 0 Å². The molecule has 1 amide bonds. The molecular weight excluding hydrogens is 619 g/mol. The maximum Gasteiger partial charge on any atom is 0.573 e. The van der Waals surface area contributed by atoms with E-state index in [0.717, 1.165) is 0 Å². The lowest BCUT2D eigenvalue weighted by molar-refractivity contribution is -0.274. The normalized spacial score (nSPS) is 17.8. The highest BCUT2D eigenvalue weighted by molar-refractivity contribution is 6.01. The molecule has 0 aliphatic carbocycles. The van der Waals surface area contributed by atoms with Gasteiger partial charge in [-0.1, -0.05) is 42.5 Å². The topological polar surface area (TPSA) is 128 Å². The van der Waals surface area contributed by atoms with E-state index >= 15 is 0 Å². The van der Waals surface area contributed by atoms with Crippen molar-refractivity contribution in [2.75, 3.05) is 13.2 Å². The molecule has 1 aliphatic rings. The van der Waals surface area contributed by atoms with Gasteiger partial charge in [0.25, 0.3) is 5.91 Å². The maximum atomic E-state index is 14.1. The van der Waals surface area contributed by atoms with Crippen LogP contribution in [0.15, 0.2) is 83.9 Å². The maximum absolute atomic E-state index is 14.1. The number of benzene rings is 3. The molecule has 4 rings (SSSR count). The van der Waals surface area contributed by atoms with Crippen LogP contribution < -0.4 is 20.3 Å². The Hall–Kier alpha value is -4.62. The molecule has 3 N–H and O–H groups in total. The minimum atomic E-state index is -4.81. The van der Waals surface area contributed by atoms with Gasteiger partial charge in [0, 0.05) is 31.6 Å². The minimum Gasteiger partial charge on any atom is -0.494 e. The van der Waals surface area contributed by atoms with Gasteiger partial charge in [-0.3, -0.25) is 15.0 Å². The number of esters is 1. The van der Waals surface area contributed by atoms with Gasteiger partial charge >= 0.3 is 12.3 Å². The Morgan fingerprint density at radius 3 is 2.23 bits per heavy atom. The van der Waals surface area contributed by atoms with E-state index in [-0.39, 0.29) is 37.6 Å². The average molecular weight is 658 g/mol. The lowest BCUT2D eigenvalue weighted by Gasteiger charge is -2.31. The Labute approximate surface area is 270 Å². The fraction of sp³-hybridized carbons (Fsp3) is 0.382. The number of aliphatic hydroxyl groups excluding tert-OH is 1. The summed E-state index contributed by atoms with van der Waals surface area (Å²) < 4.78 is 59.0. The van der Waals surface area contributed by atoms with Crippen LogP contribution in [0.1, 0.15) is 62.8 Å². The van der Waals surface area contributed by atoms with Gasteiger partial charge in [-0.25, -0.2) is 10.4 Å². The summed E-state index contributed by atoms with van der Waals surface area (Å²) in [6.45, 7) is 5.66. The van der Waals surface area contributed by atoms with Gasteiger partial charge in [0.15, 0.2) is 11.6 Å². The van der Waals surface area contributed by atoms with Crippen LogP contribution in [0.25, 0.3) is 0 Å². The third-order valence-electron chi connectivity index (χ3n) is 6.91. The molecule has 0 aromatic heterocycles. The van der Waals surface area contributed by atoms with Gasteiger partial charge in [0.05, 0.1) is 6.61 Å². The Balaban J connectivity index is 1.61. The number of aliphatic hydroxyl groups is 1. The lowest BCUT2D eigenvalue weighted by atomic mass is 9.83. The molecule has 252 valence electrons. The number of nitrogens with zero attached hydrogens (tertiary/aromatic N) is 1. The molecule has 0 saturated carbocycles. The van der Waals surface area contributed by atoms with Crippen molar-refractivity contribution >= 4 is 17.8 Å². The van der Waals surface area contributed by atoms with Gasteiger partial charge in [-0.2, -0.15) is 0 Å². The second kappa shape index (κ2) is 15.3. The largest absolute Gasteiger partial charge is 0.573 e. The quantitative estimate of drug-likeness (QED) is 0.117. The van der Waals surface area contributed by atoms with Crippen molar-refractivity contribution in [3.8, 4) is 11.5 Å². The predicted molar refractivity (Wildman–Crippen MR) is 166 cm³/mol. The first kappa shape index (κ1) is 35.2. The highest BCUT2D eigenvalue weighted by Crippen LogP contribution is 2.43. The average Bonchev–Trinajstić information content (AvgIpc) is 3.41. The molecule has 0 bridgehead atoms. The highest BCUT2D eigenvalue weighted by atomic mass is 19.4. The van der Waals surface area contributed by atoms with Crippen LogP contribution in [-0.2, 0) is 25.6 Å². The number of alkyl halides is 3. The number of amides is 1. The monoisotopic (exact) mass is 657 g/mol. The van der Waals surface area contributed by atoms with Crippen LogP contribution in [-0.4, -0.2) is 53.6 Å². The van der Waals surface area contributed by atoms with E-state index < -0.39 is 35.5 Å². The minimum absolute atomic E-state index is 0.00903. The van der Waals surface area contributed by atoms with Gasteiger partial charge in [0.2, 0.25) is 5.90 Å². The lowest BCUT2D eigenvalue weighted by Crippen LogP contribution is -2.52. The van der Waals surface area contributed by atoms with E-state index in [1.54, 1.807) is 69.3 Å². The number of hydrogen-bond donors (Lipinski definition) is 3. The van der Waals surface area contributed by atoms with E-state index in [1.807, 2.05) is 6.07 Å². The van der Waals surface area contributed by atoms with Crippen molar-refractivity contribution in [2.24, 2.45) is 4.99 Å². The van der Waals surface area contributed by atoms with Crippen LogP contribution in [0.3, 0.4) is 0 Å². The summed E-state index contributed by atoms with van der Waals surface area (Å²) in [5, 5.41) is 9.02. The summed E-state index contributed by atoms with van der Waals surface area (Å²) in [5.41, 5.74) is 4.91. The third-order valence-corrected chi connectivity index (χ3v) is 6.91. The van der Waals surface area contributed by atoms with Crippen molar-refractivity contribution < 1.29 is 46.8 Å². The summed E-state index contributed by atoms with van der Waals surface area (Å²) >= 11 is 0. The number of hydrogen-bond acceptors (Lipinski definition) is 9. The Kier molecular flexibility index (Phi) is 11.5. The molecule has 0 spiro atoms.